The molecule has 1 fully saturated rings. The van der Waals surface area contributed by atoms with E-state index >= 15 is 0 Å². The Morgan fingerprint density at radius 3 is 2.71 bits per heavy atom. The van der Waals surface area contributed by atoms with Crippen molar-refractivity contribution >= 4 is 18.0 Å². The van der Waals surface area contributed by atoms with E-state index in [0.717, 1.165) is 43.1 Å². The van der Waals surface area contributed by atoms with Crippen LogP contribution in [0.2, 0.25) is 0 Å². The molecule has 0 amide bonds. The molecule has 2 heterocycles. The zero-order valence-corrected chi connectivity index (χ0v) is 16.7. The molecule has 0 bridgehead atoms. The lowest BCUT2D eigenvalue weighted by molar-refractivity contribution is 0.122. The molecule has 7 heteroatoms. The first-order valence-electron chi connectivity index (χ1n) is 9.95. The van der Waals surface area contributed by atoms with Crippen molar-refractivity contribution < 1.29 is 9.47 Å². The second kappa shape index (κ2) is 10.6. The van der Waals surface area contributed by atoms with Gasteiger partial charge in [-0.1, -0.05) is 19.8 Å². The van der Waals surface area contributed by atoms with Gasteiger partial charge in [0.25, 0.3) is 0 Å². The Kier molecular flexibility index (Phi) is 7.61. The van der Waals surface area contributed by atoms with Crippen LogP contribution in [0.5, 0.6) is 5.75 Å². The van der Waals surface area contributed by atoms with E-state index in [2.05, 4.69) is 32.3 Å². The van der Waals surface area contributed by atoms with Crippen LogP contribution in [0.1, 0.15) is 37.4 Å². The highest BCUT2D eigenvalue weighted by Crippen LogP contribution is 2.15. The first kappa shape index (κ1) is 20.1. The molecule has 2 aromatic rings. The molecule has 1 aliphatic rings. The summed E-state index contributed by atoms with van der Waals surface area (Å²) in [4.78, 5) is 11.2. The SMILES string of the molecule is CCCCCOc1ccc(/C=N/Nc2cc(C)nc(N3CCOCC3)n2)cc1. The zero-order chi connectivity index (χ0) is 19.6. The summed E-state index contributed by atoms with van der Waals surface area (Å²) >= 11 is 0. The smallest absolute Gasteiger partial charge is 0.227 e. The highest BCUT2D eigenvalue weighted by molar-refractivity contribution is 5.80. The number of anilines is 2. The van der Waals surface area contributed by atoms with Crippen molar-refractivity contribution in [3.8, 4) is 5.75 Å². The highest BCUT2D eigenvalue weighted by Gasteiger charge is 2.14. The standard InChI is InChI=1S/C21H29N5O2/c1-3-4-5-12-28-19-8-6-18(7-9-19)16-22-25-20-15-17(2)23-21(24-20)26-10-13-27-14-11-26/h6-9,15-16H,3-5,10-14H2,1-2H3,(H,23,24,25)/b22-16+. The fourth-order valence-corrected chi connectivity index (χ4v) is 2.88. The molecule has 0 saturated carbocycles. The fourth-order valence-electron chi connectivity index (χ4n) is 2.88. The normalized spacial score (nSPS) is 14.4. The average molecular weight is 383 g/mol. The Bertz CT molecular complexity index is 758. The van der Waals surface area contributed by atoms with Gasteiger partial charge in [-0.15, -0.1) is 0 Å². The summed E-state index contributed by atoms with van der Waals surface area (Å²) in [5.74, 6) is 2.29. The number of benzene rings is 1. The molecule has 3 rings (SSSR count). The molecule has 150 valence electrons. The van der Waals surface area contributed by atoms with E-state index in [9.17, 15) is 0 Å². The molecule has 0 spiro atoms. The van der Waals surface area contributed by atoms with Gasteiger partial charge < -0.3 is 14.4 Å². The molecule has 0 radical (unpaired) electrons. The van der Waals surface area contributed by atoms with Gasteiger partial charge in [-0.05, 0) is 43.2 Å². The Balaban J connectivity index is 1.54. The van der Waals surface area contributed by atoms with E-state index in [0.29, 0.717) is 25.0 Å². The van der Waals surface area contributed by atoms with Gasteiger partial charge in [0, 0.05) is 24.8 Å². The predicted molar refractivity (Wildman–Crippen MR) is 112 cm³/mol. The maximum absolute atomic E-state index is 5.73. The number of unbranched alkanes of at least 4 members (excludes halogenated alkanes) is 2. The van der Waals surface area contributed by atoms with Crippen LogP contribution in [0.25, 0.3) is 0 Å². The van der Waals surface area contributed by atoms with Crippen LogP contribution in [0.4, 0.5) is 11.8 Å². The number of nitrogens with zero attached hydrogens (tertiary/aromatic N) is 4. The average Bonchev–Trinajstić information content (AvgIpc) is 2.73. The molecular weight excluding hydrogens is 354 g/mol. The third-order valence-electron chi connectivity index (χ3n) is 4.43. The number of aryl methyl sites for hydroxylation is 1. The van der Waals surface area contributed by atoms with Gasteiger partial charge in [0.15, 0.2) is 5.82 Å². The minimum Gasteiger partial charge on any atom is -0.494 e. The predicted octanol–water partition coefficient (Wildman–Crippen LogP) is 3.64. The van der Waals surface area contributed by atoms with Crippen LogP contribution in [0, 0.1) is 6.92 Å². The van der Waals surface area contributed by atoms with E-state index in [-0.39, 0.29) is 0 Å². The first-order valence-corrected chi connectivity index (χ1v) is 9.95. The van der Waals surface area contributed by atoms with Crippen LogP contribution in [-0.4, -0.2) is 49.1 Å². The van der Waals surface area contributed by atoms with E-state index < -0.39 is 0 Å². The monoisotopic (exact) mass is 383 g/mol. The van der Waals surface area contributed by atoms with Crippen LogP contribution >= 0.6 is 0 Å². The van der Waals surface area contributed by atoms with Gasteiger partial charge in [0.05, 0.1) is 26.0 Å². The summed E-state index contributed by atoms with van der Waals surface area (Å²) in [6, 6.07) is 9.81. The van der Waals surface area contributed by atoms with Crippen molar-refractivity contribution in [3.05, 3.63) is 41.6 Å². The topological polar surface area (TPSA) is 71.9 Å². The quantitative estimate of drug-likeness (QED) is 0.405. The third kappa shape index (κ3) is 6.20. The molecule has 1 N–H and O–H groups in total. The summed E-state index contributed by atoms with van der Waals surface area (Å²) in [6.07, 6.45) is 5.26. The number of morpholine rings is 1. The molecule has 0 unspecified atom stereocenters. The molecule has 28 heavy (non-hydrogen) atoms. The van der Waals surface area contributed by atoms with Crippen LogP contribution in [-0.2, 0) is 4.74 Å². The van der Waals surface area contributed by atoms with Gasteiger partial charge in [-0.25, -0.2) is 4.98 Å². The van der Waals surface area contributed by atoms with Crippen molar-refractivity contribution in [2.75, 3.05) is 43.2 Å². The molecular formula is C21H29N5O2. The molecule has 0 aliphatic carbocycles. The van der Waals surface area contributed by atoms with E-state index in [1.807, 2.05) is 37.3 Å². The molecule has 7 nitrogen and oxygen atoms in total. The Morgan fingerprint density at radius 1 is 1.18 bits per heavy atom. The van der Waals surface area contributed by atoms with E-state index in [1.165, 1.54) is 12.8 Å². The number of aromatic nitrogens is 2. The maximum Gasteiger partial charge on any atom is 0.227 e. The molecule has 1 aliphatic heterocycles. The van der Waals surface area contributed by atoms with Gasteiger partial charge in [-0.2, -0.15) is 10.1 Å². The van der Waals surface area contributed by atoms with Gasteiger partial charge in [0.1, 0.15) is 5.75 Å². The summed E-state index contributed by atoms with van der Waals surface area (Å²) < 4.78 is 11.1. The number of rotatable bonds is 9. The second-order valence-corrected chi connectivity index (χ2v) is 6.79. The largest absolute Gasteiger partial charge is 0.494 e. The van der Waals surface area contributed by atoms with E-state index in [4.69, 9.17) is 9.47 Å². The maximum atomic E-state index is 5.73. The second-order valence-electron chi connectivity index (χ2n) is 6.79. The lowest BCUT2D eigenvalue weighted by Gasteiger charge is -2.27. The lowest BCUT2D eigenvalue weighted by atomic mass is 10.2. The Labute approximate surface area is 166 Å². The summed E-state index contributed by atoms with van der Waals surface area (Å²) in [6.45, 7) is 7.93. The first-order chi connectivity index (χ1) is 13.7. The fraction of sp³-hybridized carbons (Fsp3) is 0.476. The molecule has 1 aromatic heterocycles. The lowest BCUT2D eigenvalue weighted by Crippen LogP contribution is -2.37. The van der Waals surface area contributed by atoms with Crippen LogP contribution in [0.3, 0.4) is 0 Å². The highest BCUT2D eigenvalue weighted by atomic mass is 16.5. The van der Waals surface area contributed by atoms with Gasteiger partial charge in [0.2, 0.25) is 5.95 Å². The summed E-state index contributed by atoms with van der Waals surface area (Å²) in [7, 11) is 0. The molecule has 1 saturated heterocycles. The number of hydrogen-bond acceptors (Lipinski definition) is 7. The minimum absolute atomic E-state index is 0.682. The molecule has 1 aromatic carbocycles. The summed E-state index contributed by atoms with van der Waals surface area (Å²) in [5.41, 5.74) is 4.90. The number of hydrogen-bond donors (Lipinski definition) is 1. The number of nitrogens with one attached hydrogen (secondary N) is 1. The van der Waals surface area contributed by atoms with Crippen molar-refractivity contribution in [2.45, 2.75) is 33.1 Å². The number of ether oxygens (including phenoxy) is 2. The minimum atomic E-state index is 0.682. The Morgan fingerprint density at radius 2 is 1.96 bits per heavy atom. The van der Waals surface area contributed by atoms with Crippen molar-refractivity contribution in [3.63, 3.8) is 0 Å². The van der Waals surface area contributed by atoms with Crippen molar-refractivity contribution in [2.24, 2.45) is 5.10 Å². The summed E-state index contributed by atoms with van der Waals surface area (Å²) in [5, 5.41) is 4.31. The van der Waals surface area contributed by atoms with Crippen molar-refractivity contribution in [1.82, 2.24) is 9.97 Å². The zero-order valence-electron chi connectivity index (χ0n) is 16.7. The van der Waals surface area contributed by atoms with Crippen LogP contribution < -0.4 is 15.1 Å². The molecule has 0 atom stereocenters. The van der Waals surface area contributed by atoms with Crippen molar-refractivity contribution in [1.29, 1.82) is 0 Å². The van der Waals surface area contributed by atoms with Gasteiger partial charge >= 0.3 is 0 Å². The van der Waals surface area contributed by atoms with Gasteiger partial charge in [-0.3, -0.25) is 5.43 Å². The van der Waals surface area contributed by atoms with Crippen LogP contribution in [0.15, 0.2) is 35.4 Å². The van der Waals surface area contributed by atoms with E-state index in [1.54, 1.807) is 6.21 Å². The number of hydrazone groups is 1. The third-order valence-corrected chi connectivity index (χ3v) is 4.43. The Hall–Kier alpha value is -2.67.